The molecule has 7 heteroatoms. The molecule has 0 bridgehead atoms. The van der Waals surface area contributed by atoms with E-state index >= 15 is 0 Å². The lowest BCUT2D eigenvalue weighted by molar-refractivity contribution is 0.324. The average molecular weight is 377 g/mol. The van der Waals surface area contributed by atoms with Crippen molar-refractivity contribution in [2.45, 2.75) is 0 Å². The van der Waals surface area contributed by atoms with Crippen LogP contribution in [0.4, 0.5) is 0 Å². The molecule has 0 spiro atoms. The number of aromatic amines is 1. The molecule has 2 heterocycles. The maximum Gasteiger partial charge on any atom is 0.273 e. The minimum atomic E-state index is -0.192. The van der Waals surface area contributed by atoms with Gasteiger partial charge in [-0.2, -0.15) is 0 Å². The van der Waals surface area contributed by atoms with E-state index in [2.05, 4.69) is 10.1 Å². The summed E-state index contributed by atoms with van der Waals surface area (Å²) in [5.74, 6) is 1.56. The van der Waals surface area contributed by atoms with Crippen LogP contribution in [0.1, 0.15) is 0 Å². The van der Waals surface area contributed by atoms with Gasteiger partial charge in [-0.25, -0.2) is 9.50 Å². The van der Waals surface area contributed by atoms with Gasteiger partial charge in [0.05, 0.1) is 32.7 Å². The third-order valence-corrected chi connectivity index (χ3v) is 4.50. The van der Waals surface area contributed by atoms with Crippen LogP contribution >= 0.6 is 0 Å². The molecule has 28 heavy (non-hydrogen) atoms. The largest absolute Gasteiger partial charge is 0.493 e. The fourth-order valence-electron chi connectivity index (χ4n) is 3.13. The third kappa shape index (κ3) is 2.96. The molecule has 7 nitrogen and oxygen atoms in total. The van der Waals surface area contributed by atoms with E-state index in [1.165, 1.54) is 10.6 Å². The summed E-state index contributed by atoms with van der Waals surface area (Å²) >= 11 is 0. The number of fused-ring (bicyclic) bond motifs is 1. The quantitative estimate of drug-likeness (QED) is 0.577. The first-order valence-corrected chi connectivity index (χ1v) is 8.63. The van der Waals surface area contributed by atoms with Crippen molar-refractivity contribution in [2.75, 3.05) is 21.3 Å². The highest BCUT2D eigenvalue weighted by atomic mass is 16.5. The van der Waals surface area contributed by atoms with E-state index < -0.39 is 0 Å². The van der Waals surface area contributed by atoms with Gasteiger partial charge in [0, 0.05) is 23.3 Å². The van der Waals surface area contributed by atoms with E-state index in [1.807, 2.05) is 48.5 Å². The Morgan fingerprint density at radius 1 is 0.857 bits per heavy atom. The molecule has 4 rings (SSSR count). The summed E-state index contributed by atoms with van der Waals surface area (Å²) in [5.41, 5.74) is 3.33. The van der Waals surface area contributed by atoms with Crippen molar-refractivity contribution in [3.8, 4) is 39.8 Å². The maximum atomic E-state index is 12.6. The first-order chi connectivity index (χ1) is 13.6. The first-order valence-electron chi connectivity index (χ1n) is 8.63. The molecule has 142 valence electrons. The normalized spacial score (nSPS) is 10.8. The van der Waals surface area contributed by atoms with Crippen LogP contribution in [0.5, 0.6) is 17.2 Å². The molecule has 0 aliphatic rings. The molecule has 4 aromatic rings. The highest BCUT2D eigenvalue weighted by Crippen LogP contribution is 2.40. The topological polar surface area (TPSA) is 77.8 Å². The second-order valence-electron chi connectivity index (χ2n) is 6.12. The molecule has 0 radical (unpaired) electrons. The Morgan fingerprint density at radius 2 is 1.54 bits per heavy atom. The van der Waals surface area contributed by atoms with Gasteiger partial charge in [-0.3, -0.25) is 9.89 Å². The van der Waals surface area contributed by atoms with Crippen LogP contribution < -0.4 is 19.8 Å². The SMILES string of the molecule is COc1cc(-c2cc3nc(-c4ccccc4)cc(=O)n3[nH]2)cc(OC)c1OC. The van der Waals surface area contributed by atoms with E-state index in [4.69, 9.17) is 14.2 Å². The van der Waals surface area contributed by atoms with Gasteiger partial charge in [0.25, 0.3) is 5.56 Å². The minimum Gasteiger partial charge on any atom is -0.493 e. The number of rotatable bonds is 5. The molecule has 2 aromatic carbocycles. The molecule has 0 saturated heterocycles. The van der Waals surface area contributed by atoms with Crippen LogP contribution in [0.3, 0.4) is 0 Å². The Bertz CT molecular complexity index is 1170. The lowest BCUT2D eigenvalue weighted by Gasteiger charge is -2.13. The summed E-state index contributed by atoms with van der Waals surface area (Å²) in [6.07, 6.45) is 0. The molecule has 0 fully saturated rings. The standard InChI is InChI=1S/C21H19N3O4/c1-26-17-9-14(10-18(27-2)21(17)28-3)16-11-19-22-15(12-20(25)24(19)23-16)13-7-5-4-6-8-13/h4-12,23H,1-3H3. The Balaban J connectivity index is 1.87. The number of nitrogens with one attached hydrogen (secondary N) is 1. The molecule has 0 aliphatic carbocycles. The number of ether oxygens (including phenoxy) is 3. The fraction of sp³-hybridized carbons (Fsp3) is 0.143. The van der Waals surface area contributed by atoms with Gasteiger partial charge < -0.3 is 14.2 Å². The van der Waals surface area contributed by atoms with Crippen LogP contribution in [0.25, 0.3) is 28.2 Å². The zero-order valence-electron chi connectivity index (χ0n) is 15.7. The van der Waals surface area contributed by atoms with Crippen molar-refractivity contribution < 1.29 is 14.2 Å². The van der Waals surface area contributed by atoms with Crippen LogP contribution in [0.15, 0.2) is 59.4 Å². The van der Waals surface area contributed by atoms with Gasteiger partial charge >= 0.3 is 0 Å². The summed E-state index contributed by atoms with van der Waals surface area (Å²) in [5, 5.41) is 3.09. The minimum absolute atomic E-state index is 0.192. The molecule has 0 atom stereocenters. The lowest BCUT2D eigenvalue weighted by atomic mass is 10.1. The van der Waals surface area contributed by atoms with Crippen molar-refractivity contribution in [1.82, 2.24) is 14.6 Å². The van der Waals surface area contributed by atoms with Gasteiger partial charge in [0.1, 0.15) is 0 Å². The number of benzene rings is 2. The first kappa shape index (κ1) is 17.7. The van der Waals surface area contributed by atoms with Gasteiger partial charge in [0.2, 0.25) is 5.75 Å². The highest BCUT2D eigenvalue weighted by Gasteiger charge is 2.16. The number of nitrogens with zero attached hydrogens (tertiary/aromatic N) is 2. The average Bonchev–Trinajstić information content (AvgIpc) is 3.18. The van der Waals surface area contributed by atoms with Crippen LogP contribution in [-0.2, 0) is 0 Å². The molecule has 2 aromatic heterocycles. The Morgan fingerprint density at radius 3 is 2.14 bits per heavy atom. The second-order valence-corrected chi connectivity index (χ2v) is 6.12. The van der Waals surface area contributed by atoms with Crippen molar-refractivity contribution in [3.63, 3.8) is 0 Å². The van der Waals surface area contributed by atoms with Crippen molar-refractivity contribution in [2.24, 2.45) is 0 Å². The summed E-state index contributed by atoms with van der Waals surface area (Å²) in [6, 6.07) is 16.6. The van der Waals surface area contributed by atoms with Gasteiger partial charge in [-0.1, -0.05) is 30.3 Å². The van der Waals surface area contributed by atoms with Crippen molar-refractivity contribution in [3.05, 3.63) is 65.0 Å². The summed E-state index contributed by atoms with van der Waals surface area (Å²) in [4.78, 5) is 17.2. The molecule has 1 N–H and O–H groups in total. The van der Waals surface area contributed by atoms with E-state index in [9.17, 15) is 4.79 Å². The molecule has 0 amide bonds. The number of H-pyrrole nitrogens is 1. The highest BCUT2D eigenvalue weighted by molar-refractivity contribution is 5.72. The Labute approximate surface area is 161 Å². The molecule has 0 unspecified atom stereocenters. The molecular formula is C21H19N3O4. The smallest absolute Gasteiger partial charge is 0.273 e. The molecular weight excluding hydrogens is 358 g/mol. The Kier molecular flexibility index (Phi) is 4.49. The summed E-state index contributed by atoms with van der Waals surface area (Å²) < 4.78 is 17.6. The predicted octanol–water partition coefficient (Wildman–Crippen LogP) is 3.38. The fourth-order valence-corrected chi connectivity index (χ4v) is 3.13. The number of methoxy groups -OCH3 is 3. The maximum absolute atomic E-state index is 12.6. The van der Waals surface area contributed by atoms with Crippen molar-refractivity contribution in [1.29, 1.82) is 0 Å². The van der Waals surface area contributed by atoms with Crippen LogP contribution in [-0.4, -0.2) is 35.9 Å². The summed E-state index contributed by atoms with van der Waals surface area (Å²) in [6.45, 7) is 0. The van der Waals surface area contributed by atoms with Gasteiger partial charge in [-0.15, -0.1) is 0 Å². The van der Waals surface area contributed by atoms with Crippen LogP contribution in [0, 0.1) is 0 Å². The Hall–Kier alpha value is -3.74. The molecule has 0 saturated carbocycles. The molecule has 0 aliphatic heterocycles. The number of aromatic nitrogens is 3. The van der Waals surface area contributed by atoms with Crippen molar-refractivity contribution >= 4 is 5.65 Å². The van der Waals surface area contributed by atoms with Gasteiger partial charge in [-0.05, 0) is 12.1 Å². The summed E-state index contributed by atoms with van der Waals surface area (Å²) in [7, 11) is 4.67. The lowest BCUT2D eigenvalue weighted by Crippen LogP contribution is -2.14. The van der Waals surface area contributed by atoms with E-state index in [1.54, 1.807) is 21.3 Å². The zero-order chi connectivity index (χ0) is 19.7. The second kappa shape index (κ2) is 7.11. The zero-order valence-corrected chi connectivity index (χ0v) is 15.7. The van der Waals surface area contributed by atoms with Gasteiger partial charge in [0.15, 0.2) is 17.1 Å². The monoisotopic (exact) mass is 377 g/mol. The van der Waals surface area contributed by atoms with E-state index in [-0.39, 0.29) is 5.56 Å². The number of hydrogen-bond acceptors (Lipinski definition) is 5. The van der Waals surface area contributed by atoms with E-state index in [0.29, 0.717) is 34.3 Å². The van der Waals surface area contributed by atoms with Crippen LogP contribution in [0.2, 0.25) is 0 Å². The van der Waals surface area contributed by atoms with E-state index in [0.717, 1.165) is 11.1 Å². The number of hydrogen-bond donors (Lipinski definition) is 1. The predicted molar refractivity (Wildman–Crippen MR) is 106 cm³/mol. The third-order valence-electron chi connectivity index (χ3n) is 4.50.